The van der Waals surface area contributed by atoms with Crippen LogP contribution >= 0.6 is 15.9 Å². The van der Waals surface area contributed by atoms with Crippen LogP contribution in [0.1, 0.15) is 43.2 Å². The lowest BCUT2D eigenvalue weighted by molar-refractivity contribution is 0.197. The fraction of sp³-hybridized carbons (Fsp3) is 0.391. The number of halogens is 1. The molecule has 1 unspecified atom stereocenters. The molecule has 0 amide bonds. The molecule has 1 aliphatic carbocycles. The van der Waals surface area contributed by atoms with Gasteiger partial charge in [0.05, 0.1) is 0 Å². The third-order valence-corrected chi connectivity index (χ3v) is 5.93. The molecule has 134 valence electrons. The highest BCUT2D eigenvalue weighted by molar-refractivity contribution is 9.12. The third kappa shape index (κ3) is 5.55. The van der Waals surface area contributed by atoms with Crippen molar-refractivity contribution in [2.45, 2.75) is 32.1 Å². The summed E-state index contributed by atoms with van der Waals surface area (Å²) in [7, 11) is 2.23. The molecule has 25 heavy (non-hydrogen) atoms. The zero-order valence-corrected chi connectivity index (χ0v) is 17.1. The van der Waals surface area contributed by atoms with Gasteiger partial charge >= 0.3 is 0 Å². The number of benzene rings is 1. The van der Waals surface area contributed by atoms with Crippen LogP contribution in [0.15, 0.2) is 65.7 Å². The number of piperidine rings is 1. The number of likely N-dealkylation sites (tertiary alicyclic amines) is 1. The van der Waals surface area contributed by atoms with Crippen LogP contribution in [0.3, 0.4) is 0 Å². The molecular formula is C23H30BrN. The first-order valence-electron chi connectivity index (χ1n) is 9.13. The number of fused-ring (bicyclic) bond motifs is 1. The first-order chi connectivity index (χ1) is 12.1. The summed E-state index contributed by atoms with van der Waals surface area (Å²) in [6, 6.07) is 8.86. The number of allylic oxidation sites excluding steroid dienone is 5. The topological polar surface area (TPSA) is 3.24 Å². The fourth-order valence-electron chi connectivity index (χ4n) is 3.68. The van der Waals surface area contributed by atoms with E-state index < -0.39 is 0 Å². The Morgan fingerprint density at radius 1 is 1.20 bits per heavy atom. The Kier molecular flexibility index (Phi) is 7.92. The van der Waals surface area contributed by atoms with Crippen molar-refractivity contribution in [1.82, 2.24) is 4.90 Å². The van der Waals surface area contributed by atoms with E-state index in [1.165, 1.54) is 47.1 Å². The van der Waals surface area contributed by atoms with Crippen molar-refractivity contribution in [3.05, 3.63) is 76.8 Å². The highest BCUT2D eigenvalue weighted by Gasteiger charge is 2.29. The van der Waals surface area contributed by atoms with Crippen molar-refractivity contribution in [1.29, 1.82) is 0 Å². The summed E-state index contributed by atoms with van der Waals surface area (Å²) in [6.45, 7) is 12.1. The molecule has 0 radical (unpaired) electrons. The van der Waals surface area contributed by atoms with Gasteiger partial charge in [-0.3, -0.25) is 0 Å². The SMILES string of the molecule is C=C/C=C\C.C=C1CC(C2CCN(C)CC2)c2ccccc2C=C1Br. The molecule has 3 rings (SSSR count). The van der Waals surface area contributed by atoms with Crippen LogP contribution in [0.5, 0.6) is 0 Å². The molecule has 1 atom stereocenters. The lowest BCUT2D eigenvalue weighted by atomic mass is 9.76. The van der Waals surface area contributed by atoms with Gasteiger partial charge in [0.1, 0.15) is 0 Å². The summed E-state index contributed by atoms with van der Waals surface area (Å²) < 4.78 is 1.17. The van der Waals surface area contributed by atoms with Crippen molar-refractivity contribution in [2.24, 2.45) is 5.92 Å². The minimum Gasteiger partial charge on any atom is -0.306 e. The average molecular weight is 400 g/mol. The molecule has 1 saturated heterocycles. The Morgan fingerprint density at radius 2 is 1.88 bits per heavy atom. The maximum atomic E-state index is 4.27. The molecule has 1 aromatic rings. The predicted octanol–water partition coefficient (Wildman–Crippen LogP) is 6.56. The van der Waals surface area contributed by atoms with Crippen molar-refractivity contribution in [3.8, 4) is 0 Å². The molecule has 2 aliphatic rings. The molecule has 1 fully saturated rings. The summed E-state index contributed by atoms with van der Waals surface area (Å²) in [5.41, 5.74) is 4.12. The lowest BCUT2D eigenvalue weighted by Crippen LogP contribution is -2.32. The van der Waals surface area contributed by atoms with E-state index in [1.54, 1.807) is 6.08 Å². The molecule has 0 bridgehead atoms. The van der Waals surface area contributed by atoms with Crippen molar-refractivity contribution in [3.63, 3.8) is 0 Å². The Labute approximate surface area is 161 Å². The van der Waals surface area contributed by atoms with E-state index >= 15 is 0 Å². The van der Waals surface area contributed by atoms with Gasteiger partial charge in [-0.15, -0.1) is 0 Å². The largest absolute Gasteiger partial charge is 0.306 e. The van der Waals surface area contributed by atoms with Gasteiger partial charge in [-0.05, 0) is 80.9 Å². The van der Waals surface area contributed by atoms with Gasteiger partial charge in [0.15, 0.2) is 0 Å². The van der Waals surface area contributed by atoms with E-state index in [4.69, 9.17) is 0 Å². The van der Waals surface area contributed by atoms with Crippen LogP contribution in [0, 0.1) is 5.92 Å². The highest BCUT2D eigenvalue weighted by Crippen LogP contribution is 2.43. The van der Waals surface area contributed by atoms with Crippen molar-refractivity contribution in [2.75, 3.05) is 20.1 Å². The van der Waals surface area contributed by atoms with Crippen LogP contribution in [-0.2, 0) is 0 Å². The normalized spacial score (nSPS) is 21.8. The third-order valence-electron chi connectivity index (χ3n) is 5.14. The van der Waals surface area contributed by atoms with Crippen LogP contribution in [0.4, 0.5) is 0 Å². The molecule has 1 aromatic carbocycles. The van der Waals surface area contributed by atoms with Gasteiger partial charge in [0.25, 0.3) is 0 Å². The number of hydrogen-bond donors (Lipinski definition) is 0. The van der Waals surface area contributed by atoms with E-state index in [0.29, 0.717) is 5.92 Å². The summed E-state index contributed by atoms with van der Waals surface area (Å²) in [5.74, 6) is 1.41. The monoisotopic (exact) mass is 399 g/mol. The first kappa shape index (κ1) is 19.9. The van der Waals surface area contributed by atoms with E-state index in [0.717, 1.165) is 12.3 Å². The molecule has 0 N–H and O–H groups in total. The average Bonchev–Trinajstić information content (AvgIpc) is 2.74. The van der Waals surface area contributed by atoms with Crippen molar-refractivity contribution >= 4 is 22.0 Å². The summed E-state index contributed by atoms with van der Waals surface area (Å²) in [4.78, 5) is 2.45. The summed E-state index contributed by atoms with van der Waals surface area (Å²) in [6.07, 6.45) is 11.5. The molecule has 0 saturated carbocycles. The summed E-state index contributed by atoms with van der Waals surface area (Å²) >= 11 is 3.69. The van der Waals surface area contributed by atoms with E-state index in [9.17, 15) is 0 Å². The second-order valence-electron chi connectivity index (χ2n) is 6.94. The molecular weight excluding hydrogens is 370 g/mol. The Balaban J connectivity index is 0.000000399. The predicted molar refractivity (Wildman–Crippen MR) is 115 cm³/mol. The molecule has 0 aromatic heterocycles. The second kappa shape index (κ2) is 9.94. The Bertz CT molecular complexity index is 648. The Morgan fingerprint density at radius 3 is 2.48 bits per heavy atom. The van der Waals surface area contributed by atoms with Crippen LogP contribution in [0.25, 0.3) is 6.08 Å². The first-order valence-corrected chi connectivity index (χ1v) is 9.92. The maximum absolute atomic E-state index is 4.27. The number of rotatable bonds is 2. The lowest BCUT2D eigenvalue weighted by Gasteiger charge is -2.35. The molecule has 1 heterocycles. The van der Waals surface area contributed by atoms with Crippen LogP contribution < -0.4 is 0 Å². The van der Waals surface area contributed by atoms with Crippen LogP contribution in [-0.4, -0.2) is 25.0 Å². The minimum atomic E-state index is 0.624. The number of hydrogen-bond acceptors (Lipinski definition) is 1. The van der Waals surface area contributed by atoms with Gasteiger partial charge < -0.3 is 4.90 Å². The molecule has 2 heteroatoms. The molecule has 1 aliphatic heterocycles. The molecule has 0 spiro atoms. The van der Waals surface area contributed by atoms with E-state index in [1.807, 2.05) is 19.1 Å². The van der Waals surface area contributed by atoms with Gasteiger partial charge in [-0.2, -0.15) is 0 Å². The van der Waals surface area contributed by atoms with Crippen LogP contribution in [0.2, 0.25) is 0 Å². The number of nitrogens with zero attached hydrogens (tertiary/aromatic N) is 1. The zero-order valence-electron chi connectivity index (χ0n) is 15.5. The smallest absolute Gasteiger partial charge is 0.0207 e. The van der Waals surface area contributed by atoms with Gasteiger partial charge in [0.2, 0.25) is 0 Å². The fourth-order valence-corrected chi connectivity index (χ4v) is 4.09. The maximum Gasteiger partial charge on any atom is 0.0207 e. The molecule has 1 nitrogen and oxygen atoms in total. The standard InChI is InChI=1S/C18H22BrN.C5H8/c1-13-11-17(14-7-9-20(2)10-8-14)16-6-4-3-5-15(16)12-18(13)19;1-3-5-4-2/h3-6,12,14,17H,1,7-11H2,2H3;3-5H,1H2,2H3/b;5-4-. The minimum absolute atomic E-state index is 0.624. The Hall–Kier alpha value is -1.38. The van der Waals surface area contributed by atoms with Gasteiger partial charge in [-0.25, -0.2) is 0 Å². The highest BCUT2D eigenvalue weighted by atomic mass is 79.9. The summed E-state index contributed by atoms with van der Waals surface area (Å²) in [5, 5.41) is 0. The van der Waals surface area contributed by atoms with Gasteiger partial charge in [0, 0.05) is 4.48 Å². The zero-order chi connectivity index (χ0) is 18.2. The second-order valence-corrected chi connectivity index (χ2v) is 7.79. The quantitative estimate of drug-likeness (QED) is 0.509. The van der Waals surface area contributed by atoms with E-state index in [2.05, 4.69) is 71.4 Å². The van der Waals surface area contributed by atoms with E-state index in [-0.39, 0.29) is 0 Å². The van der Waals surface area contributed by atoms with Crippen molar-refractivity contribution < 1.29 is 0 Å². The van der Waals surface area contributed by atoms with Gasteiger partial charge in [-0.1, -0.05) is 71.6 Å².